The van der Waals surface area contributed by atoms with Gasteiger partial charge in [0.1, 0.15) is 5.75 Å². The number of benzene rings is 1. The number of hydrogen-bond acceptors (Lipinski definition) is 4. The van der Waals surface area contributed by atoms with Crippen LogP contribution in [0.1, 0.15) is 26.0 Å². The van der Waals surface area contributed by atoms with E-state index < -0.39 is 0 Å². The molecular formula is C20H25ClN2O4. The van der Waals surface area contributed by atoms with Crippen LogP contribution >= 0.6 is 11.6 Å². The van der Waals surface area contributed by atoms with Gasteiger partial charge in [0.25, 0.3) is 5.91 Å². The second-order valence-corrected chi connectivity index (χ2v) is 7.06. The van der Waals surface area contributed by atoms with Gasteiger partial charge in [-0.25, -0.2) is 0 Å². The van der Waals surface area contributed by atoms with Crippen molar-refractivity contribution in [3.8, 4) is 11.5 Å². The van der Waals surface area contributed by atoms with Crippen molar-refractivity contribution < 1.29 is 14.3 Å². The SMILES string of the molecule is COc1ccc(NC(=O)COc2c(C)n(CCC(C)C)ccc2=O)cc1Cl. The van der Waals surface area contributed by atoms with Gasteiger partial charge >= 0.3 is 0 Å². The second kappa shape index (κ2) is 9.46. The van der Waals surface area contributed by atoms with Gasteiger partial charge in [-0.1, -0.05) is 25.4 Å². The molecule has 0 saturated carbocycles. The first kappa shape index (κ1) is 20.8. The molecule has 2 aromatic rings. The molecule has 0 aliphatic rings. The van der Waals surface area contributed by atoms with Gasteiger partial charge in [-0.2, -0.15) is 0 Å². The highest BCUT2D eigenvalue weighted by molar-refractivity contribution is 6.32. The van der Waals surface area contributed by atoms with Crippen molar-refractivity contribution in [1.29, 1.82) is 0 Å². The molecule has 0 saturated heterocycles. The molecule has 6 nitrogen and oxygen atoms in total. The van der Waals surface area contributed by atoms with Crippen molar-refractivity contribution in [2.75, 3.05) is 19.0 Å². The zero-order valence-corrected chi connectivity index (χ0v) is 16.8. The maximum absolute atomic E-state index is 12.2. The number of aryl methyl sites for hydroxylation is 1. The normalized spacial score (nSPS) is 10.7. The Labute approximate surface area is 164 Å². The van der Waals surface area contributed by atoms with Gasteiger partial charge in [-0.3, -0.25) is 9.59 Å². The highest BCUT2D eigenvalue weighted by atomic mass is 35.5. The maximum Gasteiger partial charge on any atom is 0.262 e. The third-order valence-corrected chi connectivity index (χ3v) is 4.41. The number of anilines is 1. The molecule has 7 heteroatoms. The smallest absolute Gasteiger partial charge is 0.262 e. The summed E-state index contributed by atoms with van der Waals surface area (Å²) >= 11 is 6.05. The van der Waals surface area contributed by atoms with E-state index in [0.717, 1.165) is 13.0 Å². The summed E-state index contributed by atoms with van der Waals surface area (Å²) in [6.45, 7) is 6.62. The number of nitrogens with one attached hydrogen (secondary N) is 1. The summed E-state index contributed by atoms with van der Waals surface area (Å²) in [6.07, 6.45) is 2.74. The van der Waals surface area contributed by atoms with E-state index in [1.165, 1.54) is 13.2 Å². The summed E-state index contributed by atoms with van der Waals surface area (Å²) in [4.78, 5) is 24.3. The lowest BCUT2D eigenvalue weighted by molar-refractivity contribution is -0.118. The molecule has 0 aliphatic heterocycles. The molecular weight excluding hydrogens is 368 g/mol. The molecule has 1 aromatic carbocycles. The highest BCUT2D eigenvalue weighted by Gasteiger charge is 2.12. The number of rotatable bonds is 8. The van der Waals surface area contributed by atoms with Gasteiger partial charge in [0.15, 0.2) is 12.4 Å². The van der Waals surface area contributed by atoms with E-state index in [-0.39, 0.29) is 23.7 Å². The fourth-order valence-electron chi connectivity index (χ4n) is 2.55. The third-order valence-electron chi connectivity index (χ3n) is 4.12. The average Bonchev–Trinajstić information content (AvgIpc) is 2.61. The monoisotopic (exact) mass is 392 g/mol. The van der Waals surface area contributed by atoms with Crippen LogP contribution in [0.4, 0.5) is 5.69 Å². The topological polar surface area (TPSA) is 69.6 Å². The van der Waals surface area contributed by atoms with Crippen molar-refractivity contribution in [2.24, 2.45) is 5.92 Å². The first-order valence-electron chi connectivity index (χ1n) is 8.78. The van der Waals surface area contributed by atoms with Crippen LogP contribution in [0.25, 0.3) is 0 Å². The van der Waals surface area contributed by atoms with Gasteiger partial charge in [-0.15, -0.1) is 0 Å². The second-order valence-electron chi connectivity index (χ2n) is 6.66. The molecule has 0 fully saturated rings. The fraction of sp³-hybridized carbons (Fsp3) is 0.400. The van der Waals surface area contributed by atoms with E-state index in [1.54, 1.807) is 24.4 Å². The largest absolute Gasteiger partial charge is 0.495 e. The summed E-state index contributed by atoms with van der Waals surface area (Å²) < 4.78 is 12.6. The molecule has 0 aliphatic carbocycles. The Morgan fingerprint density at radius 3 is 2.67 bits per heavy atom. The van der Waals surface area contributed by atoms with Crippen LogP contribution in [0.5, 0.6) is 11.5 Å². The van der Waals surface area contributed by atoms with E-state index >= 15 is 0 Å². The summed E-state index contributed by atoms with van der Waals surface area (Å²) in [6, 6.07) is 6.39. The molecule has 0 radical (unpaired) electrons. The lowest BCUT2D eigenvalue weighted by atomic mass is 10.1. The first-order chi connectivity index (χ1) is 12.8. The number of ether oxygens (including phenoxy) is 2. The van der Waals surface area contributed by atoms with E-state index in [9.17, 15) is 9.59 Å². The molecule has 1 heterocycles. The predicted molar refractivity (Wildman–Crippen MR) is 107 cm³/mol. The minimum Gasteiger partial charge on any atom is -0.495 e. The van der Waals surface area contributed by atoms with Crippen LogP contribution in [-0.2, 0) is 11.3 Å². The number of aromatic nitrogens is 1. The zero-order chi connectivity index (χ0) is 20.0. The number of methoxy groups -OCH3 is 1. The van der Waals surface area contributed by atoms with Crippen LogP contribution in [-0.4, -0.2) is 24.2 Å². The standard InChI is InChI=1S/C20H25ClN2O4/c1-13(2)7-9-23-10-8-17(24)20(14(23)3)27-12-19(25)22-15-5-6-18(26-4)16(21)11-15/h5-6,8,10-11,13H,7,9,12H2,1-4H3,(H,22,25). The molecule has 1 aromatic heterocycles. The number of nitrogens with zero attached hydrogens (tertiary/aromatic N) is 1. The van der Waals surface area contributed by atoms with Crippen LogP contribution < -0.4 is 20.2 Å². The highest BCUT2D eigenvalue weighted by Crippen LogP contribution is 2.27. The Bertz CT molecular complexity index is 862. The number of amides is 1. The maximum atomic E-state index is 12.2. The molecule has 0 unspecified atom stereocenters. The summed E-state index contributed by atoms with van der Waals surface area (Å²) in [5, 5.41) is 3.08. The molecule has 2 rings (SSSR count). The van der Waals surface area contributed by atoms with Crippen LogP contribution in [0, 0.1) is 12.8 Å². The van der Waals surface area contributed by atoms with Crippen molar-refractivity contribution in [2.45, 2.75) is 33.7 Å². The Balaban J connectivity index is 2.03. The zero-order valence-electron chi connectivity index (χ0n) is 16.0. The molecule has 27 heavy (non-hydrogen) atoms. The van der Waals surface area contributed by atoms with E-state index in [2.05, 4.69) is 19.2 Å². The molecule has 1 N–H and O–H groups in total. The van der Waals surface area contributed by atoms with Crippen molar-refractivity contribution in [1.82, 2.24) is 4.57 Å². The minimum atomic E-state index is -0.382. The predicted octanol–water partition coefficient (Wildman–Crippen LogP) is 3.88. The van der Waals surface area contributed by atoms with Gasteiger partial charge in [0, 0.05) is 24.5 Å². The lowest BCUT2D eigenvalue weighted by Gasteiger charge is -2.15. The Kier molecular flexibility index (Phi) is 7.30. The van der Waals surface area contributed by atoms with Gasteiger partial charge in [0.2, 0.25) is 5.43 Å². The minimum absolute atomic E-state index is 0.198. The molecule has 0 bridgehead atoms. The van der Waals surface area contributed by atoms with E-state index in [0.29, 0.717) is 28.1 Å². The number of pyridine rings is 1. The van der Waals surface area contributed by atoms with E-state index in [1.807, 2.05) is 11.5 Å². The van der Waals surface area contributed by atoms with Crippen molar-refractivity contribution >= 4 is 23.2 Å². The van der Waals surface area contributed by atoms with Crippen LogP contribution in [0.2, 0.25) is 5.02 Å². The first-order valence-corrected chi connectivity index (χ1v) is 9.15. The number of halogens is 1. The summed E-state index contributed by atoms with van der Waals surface area (Å²) in [7, 11) is 1.52. The van der Waals surface area contributed by atoms with Crippen LogP contribution in [0.3, 0.4) is 0 Å². The van der Waals surface area contributed by atoms with Crippen LogP contribution in [0.15, 0.2) is 35.3 Å². The third kappa shape index (κ3) is 5.76. The summed E-state index contributed by atoms with van der Waals surface area (Å²) in [5.41, 5.74) is 0.991. The van der Waals surface area contributed by atoms with Gasteiger partial charge in [-0.05, 0) is 37.5 Å². The Morgan fingerprint density at radius 1 is 1.30 bits per heavy atom. The van der Waals surface area contributed by atoms with Gasteiger partial charge < -0.3 is 19.4 Å². The number of carbonyl (C=O) groups is 1. The molecule has 1 amide bonds. The Morgan fingerprint density at radius 2 is 2.04 bits per heavy atom. The Hall–Kier alpha value is -2.47. The lowest BCUT2D eigenvalue weighted by Crippen LogP contribution is -2.23. The quantitative estimate of drug-likeness (QED) is 0.740. The number of hydrogen-bond donors (Lipinski definition) is 1. The molecule has 0 atom stereocenters. The summed E-state index contributed by atoms with van der Waals surface area (Å²) in [5.74, 6) is 0.889. The average molecular weight is 393 g/mol. The number of carbonyl (C=O) groups excluding carboxylic acids is 1. The molecule has 0 spiro atoms. The van der Waals surface area contributed by atoms with Gasteiger partial charge in [0.05, 0.1) is 17.8 Å². The van der Waals surface area contributed by atoms with Crippen molar-refractivity contribution in [3.05, 3.63) is 51.4 Å². The molecule has 146 valence electrons. The fourth-order valence-corrected chi connectivity index (χ4v) is 2.81. The van der Waals surface area contributed by atoms with E-state index in [4.69, 9.17) is 21.1 Å². The van der Waals surface area contributed by atoms with Crippen molar-refractivity contribution in [3.63, 3.8) is 0 Å².